The minimum absolute atomic E-state index is 0.0291. The highest BCUT2D eigenvalue weighted by Crippen LogP contribution is 2.23. The van der Waals surface area contributed by atoms with Crippen LogP contribution >= 0.6 is 0 Å². The molecule has 1 saturated heterocycles. The molecule has 0 aliphatic carbocycles. The first-order chi connectivity index (χ1) is 10.3. The second-order valence-corrected chi connectivity index (χ2v) is 5.64. The van der Waals surface area contributed by atoms with E-state index in [2.05, 4.69) is 27.0 Å². The van der Waals surface area contributed by atoms with Gasteiger partial charge in [0.05, 0.1) is 19.5 Å². The van der Waals surface area contributed by atoms with Crippen LogP contribution in [0.15, 0.2) is 42.9 Å². The van der Waals surface area contributed by atoms with E-state index < -0.39 is 5.60 Å². The van der Waals surface area contributed by atoms with Crippen LogP contribution in [-0.4, -0.2) is 51.9 Å². The summed E-state index contributed by atoms with van der Waals surface area (Å²) in [6, 6.07) is 10.2. The number of benzene rings is 1. The van der Waals surface area contributed by atoms with Gasteiger partial charge < -0.3 is 14.8 Å². The fourth-order valence-corrected chi connectivity index (χ4v) is 2.90. The van der Waals surface area contributed by atoms with Crippen molar-refractivity contribution in [2.45, 2.75) is 18.6 Å². The molecule has 0 bridgehead atoms. The number of nitrogens with zero attached hydrogens (tertiary/aromatic N) is 2. The first-order valence-electron chi connectivity index (χ1n) is 7.28. The summed E-state index contributed by atoms with van der Waals surface area (Å²) in [5.74, 6) is 0. The topological polar surface area (TPSA) is 61.4 Å². The van der Waals surface area contributed by atoms with E-state index in [1.165, 1.54) is 5.56 Å². The Bertz CT molecular complexity index is 544. The molecule has 1 aromatic carbocycles. The van der Waals surface area contributed by atoms with Gasteiger partial charge in [-0.25, -0.2) is 4.98 Å². The van der Waals surface area contributed by atoms with E-state index in [0.717, 1.165) is 31.7 Å². The van der Waals surface area contributed by atoms with Crippen molar-refractivity contribution in [3.63, 3.8) is 0 Å². The number of hydrogen-bond acceptors (Lipinski definition) is 4. The summed E-state index contributed by atoms with van der Waals surface area (Å²) < 4.78 is 5.95. The standard InChI is InChI=1S/C16H21N3O2/c20-12-16(8-14-4-2-1-3-5-14)11-19(6-7-21-16)10-15-9-17-13-18-15/h1-5,9,13,20H,6-8,10-12H2,(H,17,18)/t16-/m1/s1. The number of hydrogen-bond donors (Lipinski definition) is 2. The second-order valence-electron chi connectivity index (χ2n) is 5.64. The highest BCUT2D eigenvalue weighted by molar-refractivity contribution is 5.18. The van der Waals surface area contributed by atoms with Gasteiger partial charge in [-0.2, -0.15) is 0 Å². The highest BCUT2D eigenvalue weighted by Gasteiger charge is 2.36. The number of nitrogens with one attached hydrogen (secondary N) is 1. The number of aromatic nitrogens is 2. The molecule has 1 atom stereocenters. The molecule has 0 spiro atoms. The number of rotatable bonds is 5. The van der Waals surface area contributed by atoms with Crippen LogP contribution in [0.3, 0.4) is 0 Å². The predicted molar refractivity (Wildman–Crippen MR) is 79.8 cm³/mol. The lowest BCUT2D eigenvalue weighted by molar-refractivity contribution is -0.134. The smallest absolute Gasteiger partial charge is 0.108 e. The maximum Gasteiger partial charge on any atom is 0.108 e. The van der Waals surface area contributed by atoms with Crippen molar-refractivity contribution in [2.75, 3.05) is 26.3 Å². The Morgan fingerprint density at radius 1 is 1.33 bits per heavy atom. The van der Waals surface area contributed by atoms with E-state index in [1.807, 2.05) is 24.4 Å². The lowest BCUT2D eigenvalue weighted by Crippen LogP contribution is -2.55. The maximum absolute atomic E-state index is 9.87. The third kappa shape index (κ3) is 3.50. The van der Waals surface area contributed by atoms with Crippen molar-refractivity contribution in [3.8, 4) is 0 Å². The summed E-state index contributed by atoms with van der Waals surface area (Å²) in [5, 5.41) is 9.87. The summed E-state index contributed by atoms with van der Waals surface area (Å²) >= 11 is 0. The molecule has 3 rings (SSSR count). The minimum Gasteiger partial charge on any atom is -0.393 e. The Morgan fingerprint density at radius 2 is 2.19 bits per heavy atom. The Kier molecular flexibility index (Phi) is 4.34. The summed E-state index contributed by atoms with van der Waals surface area (Å²) in [4.78, 5) is 9.47. The number of aliphatic hydroxyl groups is 1. The molecule has 1 aliphatic heterocycles. The van der Waals surface area contributed by atoms with Gasteiger partial charge in [-0.1, -0.05) is 30.3 Å². The van der Waals surface area contributed by atoms with Gasteiger partial charge in [0.15, 0.2) is 0 Å². The average Bonchev–Trinajstić information content (AvgIpc) is 3.01. The number of ether oxygens (including phenoxy) is 1. The lowest BCUT2D eigenvalue weighted by Gasteiger charge is -2.41. The van der Waals surface area contributed by atoms with E-state index >= 15 is 0 Å². The van der Waals surface area contributed by atoms with Gasteiger partial charge in [0.25, 0.3) is 0 Å². The number of H-pyrrole nitrogens is 1. The summed E-state index contributed by atoms with van der Waals surface area (Å²) in [6.45, 7) is 3.07. The SMILES string of the molecule is OC[C@@]1(Cc2ccccc2)CN(Cc2cnc[nH]2)CCO1. The molecule has 21 heavy (non-hydrogen) atoms. The molecule has 0 saturated carbocycles. The van der Waals surface area contributed by atoms with E-state index in [4.69, 9.17) is 4.74 Å². The van der Waals surface area contributed by atoms with Gasteiger partial charge in [-0.15, -0.1) is 0 Å². The van der Waals surface area contributed by atoms with Gasteiger partial charge in [-0.05, 0) is 5.56 Å². The molecule has 1 fully saturated rings. The number of aliphatic hydroxyl groups excluding tert-OH is 1. The molecule has 0 unspecified atom stereocenters. The highest BCUT2D eigenvalue weighted by atomic mass is 16.5. The number of imidazole rings is 1. The summed E-state index contributed by atoms with van der Waals surface area (Å²) in [5.41, 5.74) is 1.76. The number of morpholine rings is 1. The van der Waals surface area contributed by atoms with Crippen LogP contribution in [0.4, 0.5) is 0 Å². The fraction of sp³-hybridized carbons (Fsp3) is 0.438. The average molecular weight is 287 g/mol. The third-order valence-electron chi connectivity index (χ3n) is 3.93. The molecule has 2 aromatic rings. The molecule has 2 N–H and O–H groups in total. The minimum atomic E-state index is -0.514. The van der Waals surface area contributed by atoms with Gasteiger partial charge in [0.1, 0.15) is 5.60 Å². The molecule has 5 nitrogen and oxygen atoms in total. The van der Waals surface area contributed by atoms with Crippen LogP contribution in [0.5, 0.6) is 0 Å². The quantitative estimate of drug-likeness (QED) is 0.868. The van der Waals surface area contributed by atoms with Crippen molar-refractivity contribution in [3.05, 3.63) is 54.1 Å². The van der Waals surface area contributed by atoms with Crippen molar-refractivity contribution >= 4 is 0 Å². The molecule has 1 aliphatic rings. The normalized spacial score (nSPS) is 23.3. The van der Waals surface area contributed by atoms with E-state index in [1.54, 1.807) is 6.33 Å². The van der Waals surface area contributed by atoms with Gasteiger partial charge in [0, 0.05) is 37.9 Å². The molecule has 5 heteroatoms. The molecule has 0 radical (unpaired) electrons. The van der Waals surface area contributed by atoms with Crippen LogP contribution < -0.4 is 0 Å². The Balaban J connectivity index is 1.69. The monoisotopic (exact) mass is 287 g/mol. The predicted octanol–water partition coefficient (Wildman–Crippen LogP) is 1.22. The van der Waals surface area contributed by atoms with Crippen molar-refractivity contribution in [1.82, 2.24) is 14.9 Å². The van der Waals surface area contributed by atoms with Crippen LogP contribution in [-0.2, 0) is 17.7 Å². The largest absolute Gasteiger partial charge is 0.393 e. The van der Waals surface area contributed by atoms with Crippen molar-refractivity contribution in [1.29, 1.82) is 0 Å². The van der Waals surface area contributed by atoms with Crippen LogP contribution in [0.2, 0.25) is 0 Å². The lowest BCUT2D eigenvalue weighted by atomic mass is 9.93. The zero-order valence-corrected chi connectivity index (χ0v) is 12.0. The van der Waals surface area contributed by atoms with Crippen LogP contribution in [0.25, 0.3) is 0 Å². The zero-order valence-electron chi connectivity index (χ0n) is 12.0. The van der Waals surface area contributed by atoms with Crippen molar-refractivity contribution in [2.24, 2.45) is 0 Å². The zero-order chi connectivity index (χ0) is 14.5. The van der Waals surface area contributed by atoms with Crippen LogP contribution in [0, 0.1) is 0 Å². The van der Waals surface area contributed by atoms with E-state index in [9.17, 15) is 5.11 Å². The molecule has 112 valence electrons. The van der Waals surface area contributed by atoms with Gasteiger partial charge in [-0.3, -0.25) is 4.90 Å². The molecular weight excluding hydrogens is 266 g/mol. The molecule has 0 amide bonds. The molecule has 1 aromatic heterocycles. The number of aromatic amines is 1. The van der Waals surface area contributed by atoms with Gasteiger partial charge in [0.2, 0.25) is 0 Å². The molecular formula is C16H21N3O2. The second kappa shape index (κ2) is 6.39. The Labute approximate surface area is 124 Å². The van der Waals surface area contributed by atoms with Crippen LogP contribution in [0.1, 0.15) is 11.3 Å². The van der Waals surface area contributed by atoms with E-state index in [0.29, 0.717) is 6.61 Å². The summed E-state index contributed by atoms with van der Waals surface area (Å²) in [7, 11) is 0. The Morgan fingerprint density at radius 3 is 2.90 bits per heavy atom. The first kappa shape index (κ1) is 14.3. The maximum atomic E-state index is 9.87. The van der Waals surface area contributed by atoms with Crippen molar-refractivity contribution < 1.29 is 9.84 Å². The molecule has 2 heterocycles. The van der Waals surface area contributed by atoms with E-state index in [-0.39, 0.29) is 6.61 Å². The Hall–Kier alpha value is -1.69. The third-order valence-corrected chi connectivity index (χ3v) is 3.93. The first-order valence-corrected chi connectivity index (χ1v) is 7.28. The fourth-order valence-electron chi connectivity index (χ4n) is 2.90. The van der Waals surface area contributed by atoms with Gasteiger partial charge >= 0.3 is 0 Å². The summed E-state index contributed by atoms with van der Waals surface area (Å²) in [6.07, 6.45) is 4.26.